The molecule has 1 amide bonds. The van der Waals surface area contributed by atoms with Gasteiger partial charge in [-0.15, -0.1) is 0 Å². The molecule has 0 saturated heterocycles. The van der Waals surface area contributed by atoms with Crippen molar-refractivity contribution in [3.05, 3.63) is 65.2 Å². The van der Waals surface area contributed by atoms with Crippen molar-refractivity contribution in [1.82, 2.24) is 5.48 Å². The summed E-state index contributed by atoms with van der Waals surface area (Å²) in [5.74, 6) is -1.45. The fraction of sp³-hybridized carbons (Fsp3) is 0.235. The first-order valence-electron chi connectivity index (χ1n) is 7.49. The number of carbonyl (C=O) groups is 1. The number of halogens is 3. The summed E-state index contributed by atoms with van der Waals surface area (Å²) in [6, 6.07) is 9.33. The van der Waals surface area contributed by atoms with Crippen molar-refractivity contribution in [3.8, 4) is 0 Å². The molecule has 0 aliphatic rings. The third kappa shape index (κ3) is 4.61. The zero-order chi connectivity index (χ0) is 19.5. The number of hydrogen-bond acceptors (Lipinski definition) is 4. The van der Waals surface area contributed by atoms with Crippen LogP contribution in [-0.2, 0) is 16.0 Å². The first-order chi connectivity index (χ1) is 12.0. The topological polar surface area (TPSA) is 83.5 Å². The number of amides is 1. The van der Waals surface area contributed by atoms with Crippen molar-refractivity contribution in [2.75, 3.05) is 5.75 Å². The van der Waals surface area contributed by atoms with Crippen molar-refractivity contribution in [1.29, 1.82) is 0 Å². The molecule has 9 heteroatoms. The molecule has 0 fully saturated rings. The Labute approximate surface area is 148 Å². The van der Waals surface area contributed by atoms with E-state index in [0.29, 0.717) is 5.56 Å². The summed E-state index contributed by atoms with van der Waals surface area (Å²) in [6.07, 6.45) is -4.53. The van der Waals surface area contributed by atoms with Crippen molar-refractivity contribution < 1.29 is 31.6 Å². The molecule has 0 heterocycles. The third-order valence-electron chi connectivity index (χ3n) is 3.85. The fourth-order valence-electron chi connectivity index (χ4n) is 2.40. The molecule has 0 radical (unpaired) electrons. The van der Waals surface area contributed by atoms with Crippen LogP contribution in [-0.4, -0.2) is 25.3 Å². The Hall–Kier alpha value is -2.39. The first kappa shape index (κ1) is 19.9. The maximum absolute atomic E-state index is 12.6. The van der Waals surface area contributed by atoms with Crippen LogP contribution in [0, 0.1) is 0 Å². The highest BCUT2D eigenvalue weighted by Gasteiger charge is 2.30. The minimum Gasteiger partial charge on any atom is -0.288 e. The Morgan fingerprint density at radius 2 is 1.62 bits per heavy atom. The van der Waals surface area contributed by atoms with Crippen LogP contribution in [0.4, 0.5) is 13.2 Å². The zero-order valence-corrected chi connectivity index (χ0v) is 14.4. The second-order valence-electron chi connectivity index (χ2n) is 5.77. The molecule has 0 saturated carbocycles. The van der Waals surface area contributed by atoms with Gasteiger partial charge in [0.15, 0.2) is 9.84 Å². The Balaban J connectivity index is 2.16. The summed E-state index contributed by atoms with van der Waals surface area (Å²) in [7, 11) is -3.79. The predicted molar refractivity (Wildman–Crippen MR) is 87.6 cm³/mol. The first-order valence-corrected chi connectivity index (χ1v) is 9.14. The number of carbonyl (C=O) groups excluding carboxylic acids is 1. The maximum atomic E-state index is 12.6. The van der Waals surface area contributed by atoms with E-state index in [-0.39, 0.29) is 16.2 Å². The van der Waals surface area contributed by atoms with Crippen molar-refractivity contribution in [2.24, 2.45) is 0 Å². The Morgan fingerprint density at radius 3 is 2.08 bits per heavy atom. The quantitative estimate of drug-likeness (QED) is 0.608. The predicted octanol–water partition coefficient (Wildman–Crippen LogP) is 3.40. The standard InChI is InChI=1S/C17H16F3NO4S/c1-11(12-2-4-13(5-3-12)16(22)21-23)10-26(24,25)15-8-6-14(7-9-15)17(18,19)20/h2-9,11,23H,10H2,1H3,(H,21,22)/t11-/m0/s1. The van der Waals surface area contributed by atoms with E-state index in [2.05, 4.69) is 0 Å². The minimum atomic E-state index is -4.53. The maximum Gasteiger partial charge on any atom is 0.416 e. The molecular formula is C17H16F3NO4S. The van der Waals surface area contributed by atoms with Crippen molar-refractivity contribution in [3.63, 3.8) is 0 Å². The van der Waals surface area contributed by atoms with Gasteiger partial charge in [-0.05, 0) is 47.9 Å². The molecule has 0 aliphatic carbocycles. The van der Waals surface area contributed by atoms with Crippen LogP contribution in [0.3, 0.4) is 0 Å². The Kier molecular flexibility index (Phi) is 5.72. The molecule has 1 atom stereocenters. The molecule has 2 N–H and O–H groups in total. The van der Waals surface area contributed by atoms with Crippen LogP contribution >= 0.6 is 0 Å². The van der Waals surface area contributed by atoms with Gasteiger partial charge >= 0.3 is 6.18 Å². The van der Waals surface area contributed by atoms with Crippen molar-refractivity contribution in [2.45, 2.75) is 23.9 Å². The highest BCUT2D eigenvalue weighted by molar-refractivity contribution is 7.91. The minimum absolute atomic E-state index is 0.186. The molecule has 0 unspecified atom stereocenters. The average molecular weight is 387 g/mol. The fourth-order valence-corrected chi connectivity index (χ4v) is 3.99. The number of nitrogens with one attached hydrogen (secondary N) is 1. The SMILES string of the molecule is C[C@@H](CS(=O)(=O)c1ccc(C(F)(F)F)cc1)c1ccc(C(=O)NO)cc1. The molecule has 26 heavy (non-hydrogen) atoms. The molecular weight excluding hydrogens is 371 g/mol. The molecule has 2 aromatic carbocycles. The van der Waals surface area contributed by atoms with Gasteiger partial charge in [0, 0.05) is 5.56 Å². The van der Waals surface area contributed by atoms with Crippen LogP contribution < -0.4 is 5.48 Å². The Morgan fingerprint density at radius 1 is 1.08 bits per heavy atom. The van der Waals surface area contributed by atoms with E-state index in [9.17, 15) is 26.4 Å². The second-order valence-corrected chi connectivity index (χ2v) is 7.80. The van der Waals surface area contributed by atoms with E-state index in [1.165, 1.54) is 17.6 Å². The molecule has 0 spiro atoms. The molecule has 0 aliphatic heterocycles. The Bertz CT molecular complexity index is 876. The number of sulfone groups is 1. The summed E-state index contributed by atoms with van der Waals surface area (Å²) in [5.41, 5.74) is 1.41. The lowest BCUT2D eigenvalue weighted by molar-refractivity contribution is -0.137. The van der Waals surface area contributed by atoms with E-state index in [1.54, 1.807) is 19.1 Å². The zero-order valence-electron chi connectivity index (χ0n) is 13.6. The smallest absolute Gasteiger partial charge is 0.288 e. The third-order valence-corrected chi connectivity index (χ3v) is 5.78. The molecule has 140 valence electrons. The summed E-state index contributed by atoms with van der Waals surface area (Å²) < 4.78 is 62.5. The van der Waals surface area contributed by atoms with E-state index in [0.717, 1.165) is 24.3 Å². The van der Waals surface area contributed by atoms with Gasteiger partial charge in [0.1, 0.15) is 0 Å². The molecule has 0 aromatic heterocycles. The molecule has 0 bridgehead atoms. The van der Waals surface area contributed by atoms with E-state index < -0.39 is 33.4 Å². The largest absolute Gasteiger partial charge is 0.416 e. The van der Waals surface area contributed by atoms with Gasteiger partial charge in [-0.1, -0.05) is 19.1 Å². The van der Waals surface area contributed by atoms with Gasteiger partial charge < -0.3 is 0 Å². The van der Waals surface area contributed by atoms with E-state index in [1.807, 2.05) is 0 Å². The highest BCUT2D eigenvalue weighted by atomic mass is 32.2. The lowest BCUT2D eigenvalue weighted by atomic mass is 10.0. The van der Waals surface area contributed by atoms with Crippen LogP contribution in [0.5, 0.6) is 0 Å². The molecule has 2 aromatic rings. The monoisotopic (exact) mass is 387 g/mol. The van der Waals surface area contributed by atoms with Crippen LogP contribution in [0.2, 0.25) is 0 Å². The number of rotatable bonds is 5. The van der Waals surface area contributed by atoms with Crippen LogP contribution in [0.15, 0.2) is 53.4 Å². The van der Waals surface area contributed by atoms with E-state index >= 15 is 0 Å². The summed E-state index contributed by atoms with van der Waals surface area (Å²) >= 11 is 0. The number of alkyl halides is 3. The van der Waals surface area contributed by atoms with Gasteiger partial charge in [-0.25, -0.2) is 13.9 Å². The van der Waals surface area contributed by atoms with Crippen LogP contribution in [0.1, 0.15) is 34.3 Å². The lowest BCUT2D eigenvalue weighted by Gasteiger charge is -2.14. The lowest BCUT2D eigenvalue weighted by Crippen LogP contribution is -2.18. The van der Waals surface area contributed by atoms with Gasteiger partial charge in [0.05, 0.1) is 16.2 Å². The van der Waals surface area contributed by atoms with Crippen LogP contribution in [0.25, 0.3) is 0 Å². The normalized spacial score (nSPS) is 13.3. The summed E-state index contributed by atoms with van der Waals surface area (Å²) in [5, 5.41) is 8.57. The molecule has 5 nitrogen and oxygen atoms in total. The summed E-state index contributed by atoms with van der Waals surface area (Å²) in [6.45, 7) is 1.66. The van der Waals surface area contributed by atoms with Gasteiger partial charge in [-0.3, -0.25) is 10.0 Å². The van der Waals surface area contributed by atoms with Gasteiger partial charge in [0.2, 0.25) is 0 Å². The molecule has 2 rings (SSSR count). The number of benzene rings is 2. The summed E-state index contributed by atoms with van der Waals surface area (Å²) in [4.78, 5) is 11.1. The highest BCUT2D eigenvalue weighted by Crippen LogP contribution is 2.30. The van der Waals surface area contributed by atoms with Crippen molar-refractivity contribution >= 4 is 15.7 Å². The van der Waals surface area contributed by atoms with Gasteiger partial charge in [0.25, 0.3) is 5.91 Å². The van der Waals surface area contributed by atoms with E-state index in [4.69, 9.17) is 5.21 Å². The van der Waals surface area contributed by atoms with Gasteiger partial charge in [-0.2, -0.15) is 13.2 Å². The number of hydrogen-bond donors (Lipinski definition) is 2. The number of hydroxylamine groups is 1. The second kappa shape index (κ2) is 7.46. The average Bonchev–Trinajstić information content (AvgIpc) is 2.60.